The van der Waals surface area contributed by atoms with Gasteiger partial charge in [0.15, 0.2) is 0 Å². The van der Waals surface area contributed by atoms with Crippen LogP contribution in [0.1, 0.15) is 42.4 Å². The number of ether oxygens (including phenoxy) is 1. The Balaban J connectivity index is 1.76. The average molecular weight is 274 g/mol. The number of fused-ring (bicyclic) bond motifs is 1. The van der Waals surface area contributed by atoms with E-state index in [-0.39, 0.29) is 0 Å². The Kier molecular flexibility index (Phi) is 4.27. The summed E-state index contributed by atoms with van der Waals surface area (Å²) < 4.78 is 5.61. The molecule has 1 aliphatic heterocycles. The van der Waals surface area contributed by atoms with Gasteiger partial charge in [-0.3, -0.25) is 4.90 Å². The first-order chi connectivity index (χ1) is 9.76. The zero-order valence-corrected chi connectivity index (χ0v) is 12.5. The lowest BCUT2D eigenvalue weighted by molar-refractivity contribution is 0.270. The zero-order chi connectivity index (χ0) is 13.9. The number of aryl methyl sites for hydroxylation is 2. The first-order valence-corrected chi connectivity index (χ1v) is 7.93. The van der Waals surface area contributed by atoms with E-state index in [1.165, 1.54) is 42.4 Å². The predicted molar refractivity (Wildman–Crippen MR) is 82.1 cm³/mol. The van der Waals surface area contributed by atoms with Gasteiger partial charge in [-0.05, 0) is 68.8 Å². The van der Waals surface area contributed by atoms with Crippen LogP contribution in [-0.4, -0.2) is 31.1 Å². The molecule has 3 heteroatoms. The number of hydrogen-bond donors (Lipinski definition) is 1. The van der Waals surface area contributed by atoms with Crippen molar-refractivity contribution in [2.24, 2.45) is 5.73 Å². The highest BCUT2D eigenvalue weighted by Gasteiger charge is 2.19. The van der Waals surface area contributed by atoms with Crippen LogP contribution in [-0.2, 0) is 19.4 Å². The van der Waals surface area contributed by atoms with Crippen molar-refractivity contribution in [3.8, 4) is 5.75 Å². The summed E-state index contributed by atoms with van der Waals surface area (Å²) in [4.78, 5) is 2.53. The number of rotatable bonds is 3. The molecular formula is C17H26N2O. The molecule has 1 aromatic carbocycles. The molecule has 110 valence electrons. The van der Waals surface area contributed by atoms with Crippen LogP contribution in [0.4, 0.5) is 0 Å². The molecule has 0 aromatic heterocycles. The molecule has 2 aliphatic rings. The quantitative estimate of drug-likeness (QED) is 0.920. The molecule has 1 aliphatic carbocycles. The largest absolute Gasteiger partial charge is 0.496 e. The van der Waals surface area contributed by atoms with E-state index in [2.05, 4.69) is 17.0 Å². The molecule has 1 saturated heterocycles. The molecule has 1 unspecified atom stereocenters. The number of benzene rings is 1. The molecule has 3 nitrogen and oxygen atoms in total. The fourth-order valence-electron chi connectivity index (χ4n) is 3.55. The Labute approximate surface area is 122 Å². The van der Waals surface area contributed by atoms with E-state index in [9.17, 15) is 0 Å². The molecule has 0 spiro atoms. The smallest absolute Gasteiger partial charge is 0.123 e. The average Bonchev–Trinajstić information content (AvgIpc) is 2.81. The fraction of sp³-hybridized carbons (Fsp3) is 0.647. The van der Waals surface area contributed by atoms with Crippen molar-refractivity contribution in [2.45, 2.75) is 51.1 Å². The summed E-state index contributed by atoms with van der Waals surface area (Å²) in [5.41, 5.74) is 10.4. The van der Waals surface area contributed by atoms with E-state index in [4.69, 9.17) is 10.5 Å². The molecule has 0 saturated carbocycles. The van der Waals surface area contributed by atoms with Gasteiger partial charge in [-0.1, -0.05) is 6.07 Å². The second kappa shape index (κ2) is 6.15. The van der Waals surface area contributed by atoms with Crippen molar-refractivity contribution in [3.63, 3.8) is 0 Å². The third-order valence-corrected chi connectivity index (χ3v) is 4.75. The lowest BCUT2D eigenvalue weighted by Gasteiger charge is -2.22. The summed E-state index contributed by atoms with van der Waals surface area (Å²) >= 11 is 0. The molecule has 2 N–H and O–H groups in total. The SMILES string of the molecule is COc1cc2c(cc1CN1CCCC(N)CC1)CCC2. The van der Waals surface area contributed by atoms with Gasteiger partial charge in [0.05, 0.1) is 7.11 Å². The summed E-state index contributed by atoms with van der Waals surface area (Å²) in [5.74, 6) is 1.07. The van der Waals surface area contributed by atoms with Crippen LogP contribution in [0.5, 0.6) is 5.75 Å². The molecule has 20 heavy (non-hydrogen) atoms. The van der Waals surface area contributed by atoms with Crippen molar-refractivity contribution in [3.05, 3.63) is 28.8 Å². The standard InChI is InChI=1S/C17H26N2O/c1-20-17-11-14-5-2-4-13(14)10-15(17)12-19-8-3-6-16(18)7-9-19/h10-11,16H,2-9,12,18H2,1H3. The highest BCUT2D eigenvalue weighted by molar-refractivity contribution is 5.44. The Bertz CT molecular complexity index is 472. The summed E-state index contributed by atoms with van der Waals surface area (Å²) in [5, 5.41) is 0. The molecule has 1 aromatic rings. The van der Waals surface area contributed by atoms with Crippen LogP contribution < -0.4 is 10.5 Å². The molecule has 1 heterocycles. The Morgan fingerprint density at radius 1 is 1.15 bits per heavy atom. The van der Waals surface area contributed by atoms with Gasteiger partial charge in [0.2, 0.25) is 0 Å². The van der Waals surface area contributed by atoms with Gasteiger partial charge in [0, 0.05) is 18.2 Å². The van der Waals surface area contributed by atoms with E-state index < -0.39 is 0 Å². The highest BCUT2D eigenvalue weighted by Crippen LogP contribution is 2.31. The van der Waals surface area contributed by atoms with E-state index >= 15 is 0 Å². The van der Waals surface area contributed by atoms with Gasteiger partial charge >= 0.3 is 0 Å². The minimum atomic E-state index is 0.391. The second-order valence-electron chi connectivity index (χ2n) is 6.25. The maximum atomic E-state index is 6.07. The first-order valence-electron chi connectivity index (χ1n) is 7.93. The minimum absolute atomic E-state index is 0.391. The number of hydrogen-bond acceptors (Lipinski definition) is 3. The zero-order valence-electron chi connectivity index (χ0n) is 12.5. The topological polar surface area (TPSA) is 38.5 Å². The van der Waals surface area contributed by atoms with Crippen LogP contribution in [0.3, 0.4) is 0 Å². The minimum Gasteiger partial charge on any atom is -0.496 e. The van der Waals surface area contributed by atoms with Crippen molar-refractivity contribution in [1.82, 2.24) is 4.90 Å². The van der Waals surface area contributed by atoms with Gasteiger partial charge in [-0.2, -0.15) is 0 Å². The Hall–Kier alpha value is -1.06. The second-order valence-corrected chi connectivity index (χ2v) is 6.25. The number of methoxy groups -OCH3 is 1. The van der Waals surface area contributed by atoms with Gasteiger partial charge in [-0.25, -0.2) is 0 Å². The molecule has 1 fully saturated rings. The van der Waals surface area contributed by atoms with Crippen LogP contribution >= 0.6 is 0 Å². The normalized spacial score (nSPS) is 23.4. The molecule has 0 bridgehead atoms. The number of nitrogens with zero attached hydrogens (tertiary/aromatic N) is 1. The van der Waals surface area contributed by atoms with Crippen LogP contribution in [0, 0.1) is 0 Å². The Morgan fingerprint density at radius 2 is 1.95 bits per heavy atom. The molecule has 3 rings (SSSR count). The van der Waals surface area contributed by atoms with Crippen LogP contribution in [0.2, 0.25) is 0 Å². The molecule has 0 amide bonds. The summed E-state index contributed by atoms with van der Waals surface area (Å²) in [6.07, 6.45) is 7.24. The van der Waals surface area contributed by atoms with Crippen molar-refractivity contribution in [1.29, 1.82) is 0 Å². The third kappa shape index (κ3) is 2.99. The maximum absolute atomic E-state index is 6.07. The third-order valence-electron chi connectivity index (χ3n) is 4.75. The molecule has 1 atom stereocenters. The van der Waals surface area contributed by atoms with E-state index in [0.29, 0.717) is 6.04 Å². The molecular weight excluding hydrogens is 248 g/mol. The van der Waals surface area contributed by atoms with Crippen molar-refractivity contribution < 1.29 is 4.74 Å². The lowest BCUT2D eigenvalue weighted by atomic mass is 10.0. The maximum Gasteiger partial charge on any atom is 0.123 e. The predicted octanol–water partition coefficient (Wildman–Crippen LogP) is 2.50. The van der Waals surface area contributed by atoms with E-state index in [1.54, 1.807) is 7.11 Å². The van der Waals surface area contributed by atoms with E-state index in [1.807, 2.05) is 0 Å². The van der Waals surface area contributed by atoms with Crippen LogP contribution in [0.15, 0.2) is 12.1 Å². The number of nitrogens with two attached hydrogens (primary N) is 1. The lowest BCUT2D eigenvalue weighted by Crippen LogP contribution is -2.26. The summed E-state index contributed by atoms with van der Waals surface area (Å²) in [7, 11) is 1.79. The van der Waals surface area contributed by atoms with Gasteiger partial charge in [0.1, 0.15) is 5.75 Å². The monoisotopic (exact) mass is 274 g/mol. The van der Waals surface area contributed by atoms with Gasteiger partial charge < -0.3 is 10.5 Å². The van der Waals surface area contributed by atoms with Crippen molar-refractivity contribution >= 4 is 0 Å². The first kappa shape index (κ1) is 13.9. The highest BCUT2D eigenvalue weighted by atomic mass is 16.5. The van der Waals surface area contributed by atoms with Crippen LogP contribution in [0.25, 0.3) is 0 Å². The van der Waals surface area contributed by atoms with Crippen molar-refractivity contribution in [2.75, 3.05) is 20.2 Å². The van der Waals surface area contributed by atoms with Gasteiger partial charge in [0.25, 0.3) is 0 Å². The van der Waals surface area contributed by atoms with E-state index in [0.717, 1.165) is 38.2 Å². The molecule has 0 radical (unpaired) electrons. The number of likely N-dealkylation sites (tertiary alicyclic amines) is 1. The summed E-state index contributed by atoms with van der Waals surface area (Å²) in [6, 6.07) is 5.04. The summed E-state index contributed by atoms with van der Waals surface area (Å²) in [6.45, 7) is 3.28. The van der Waals surface area contributed by atoms with Gasteiger partial charge in [-0.15, -0.1) is 0 Å². The Morgan fingerprint density at radius 3 is 2.75 bits per heavy atom. The fourth-order valence-corrected chi connectivity index (χ4v) is 3.55.